The Morgan fingerprint density at radius 1 is 1.13 bits per heavy atom. The number of carbonyl (C=O) groups is 3. The molecule has 1 atom stereocenters. The first-order valence-corrected chi connectivity index (χ1v) is 10.6. The molecule has 0 aliphatic carbocycles. The van der Waals surface area contributed by atoms with Crippen LogP contribution in [0.3, 0.4) is 0 Å². The lowest BCUT2D eigenvalue weighted by atomic mass is 10.2. The van der Waals surface area contributed by atoms with Gasteiger partial charge in [-0.3, -0.25) is 24.7 Å². The number of hydrogen-bond donors (Lipinski definition) is 2. The molecule has 3 rings (SSSR count). The number of halogens is 2. The lowest BCUT2D eigenvalue weighted by Gasteiger charge is -2.24. The number of nitrogens with zero attached hydrogens (tertiary/aromatic N) is 2. The molecule has 0 radical (unpaired) electrons. The molecule has 156 valence electrons. The minimum Gasteiger partial charge on any atom is -0.326 e. The fourth-order valence-corrected chi connectivity index (χ4v) is 3.72. The molecule has 0 spiro atoms. The van der Waals surface area contributed by atoms with Gasteiger partial charge in [0.15, 0.2) is 5.11 Å². The second kappa shape index (κ2) is 9.55. The van der Waals surface area contributed by atoms with E-state index in [9.17, 15) is 14.4 Å². The van der Waals surface area contributed by atoms with Crippen molar-refractivity contribution in [2.75, 3.05) is 11.9 Å². The number of hydrogen-bond acceptors (Lipinski definition) is 4. The van der Waals surface area contributed by atoms with Crippen LogP contribution in [0.25, 0.3) is 0 Å². The molecule has 1 aliphatic rings. The third kappa shape index (κ3) is 4.97. The molecular formula is C20H18BrClN4O3S. The average molecular weight is 510 g/mol. The van der Waals surface area contributed by atoms with Crippen molar-refractivity contribution in [3.63, 3.8) is 0 Å². The minimum absolute atomic E-state index is 0.145. The summed E-state index contributed by atoms with van der Waals surface area (Å²) >= 11 is 14.6. The van der Waals surface area contributed by atoms with E-state index in [2.05, 4.69) is 26.7 Å². The second-order valence-electron chi connectivity index (χ2n) is 6.46. The number of nitrogens with one attached hydrogen (secondary N) is 2. The fraction of sp³-hybridized carbons (Fsp3) is 0.200. The van der Waals surface area contributed by atoms with Crippen molar-refractivity contribution < 1.29 is 14.4 Å². The number of rotatable bonds is 6. The van der Waals surface area contributed by atoms with Gasteiger partial charge in [0.1, 0.15) is 6.04 Å². The van der Waals surface area contributed by atoms with Crippen molar-refractivity contribution in [3.05, 3.63) is 63.6 Å². The number of likely N-dealkylation sites (N-methyl/N-ethyl adjacent to an activating group) is 1. The van der Waals surface area contributed by atoms with E-state index in [1.165, 1.54) is 9.91 Å². The molecule has 7 nitrogen and oxygen atoms in total. The maximum atomic E-state index is 12.8. The summed E-state index contributed by atoms with van der Waals surface area (Å²) in [6, 6.07) is 12.4. The standard InChI is InChI=1S/C20H18BrClN4O3S/c1-2-25-19(29)16(11-17(27)23-15-9-5-13(21)6-10-15)26(20(25)30)24-18(28)12-3-7-14(22)8-4-12/h3-10,16H,2,11H2,1H3,(H,23,27)(H,24,28). The summed E-state index contributed by atoms with van der Waals surface area (Å²) in [6.07, 6.45) is -0.174. The van der Waals surface area contributed by atoms with Crippen LogP contribution in [0.15, 0.2) is 53.0 Å². The molecule has 1 heterocycles. The first-order valence-electron chi connectivity index (χ1n) is 9.06. The van der Waals surface area contributed by atoms with Gasteiger partial charge in [-0.05, 0) is 67.7 Å². The molecule has 0 bridgehead atoms. The van der Waals surface area contributed by atoms with Crippen LogP contribution >= 0.6 is 39.7 Å². The van der Waals surface area contributed by atoms with Crippen LogP contribution in [0, 0.1) is 0 Å². The van der Waals surface area contributed by atoms with Gasteiger partial charge in [0.25, 0.3) is 11.8 Å². The quantitative estimate of drug-likeness (QED) is 0.582. The van der Waals surface area contributed by atoms with E-state index >= 15 is 0 Å². The molecule has 0 aromatic heterocycles. The monoisotopic (exact) mass is 508 g/mol. The molecule has 3 amide bonds. The Hall–Kier alpha value is -2.49. The van der Waals surface area contributed by atoms with Crippen molar-refractivity contribution in [1.29, 1.82) is 0 Å². The molecule has 30 heavy (non-hydrogen) atoms. The van der Waals surface area contributed by atoms with E-state index in [0.29, 0.717) is 22.8 Å². The number of amides is 3. The van der Waals surface area contributed by atoms with Crippen molar-refractivity contribution >= 4 is 68.3 Å². The van der Waals surface area contributed by atoms with Gasteiger partial charge in [-0.15, -0.1) is 0 Å². The Bertz CT molecular complexity index is 985. The molecule has 10 heteroatoms. The van der Waals surface area contributed by atoms with E-state index in [1.807, 2.05) is 0 Å². The van der Waals surface area contributed by atoms with Crippen LogP contribution in [-0.2, 0) is 9.59 Å². The van der Waals surface area contributed by atoms with Crippen molar-refractivity contribution in [2.45, 2.75) is 19.4 Å². The zero-order chi connectivity index (χ0) is 21.8. The number of anilines is 1. The Morgan fingerprint density at radius 2 is 1.77 bits per heavy atom. The third-order valence-electron chi connectivity index (χ3n) is 4.45. The van der Waals surface area contributed by atoms with E-state index in [1.54, 1.807) is 55.5 Å². The number of hydrazine groups is 1. The van der Waals surface area contributed by atoms with Crippen molar-refractivity contribution in [1.82, 2.24) is 15.3 Å². The number of benzene rings is 2. The van der Waals surface area contributed by atoms with Gasteiger partial charge in [-0.25, -0.2) is 5.01 Å². The predicted octanol–water partition coefficient (Wildman–Crippen LogP) is 3.59. The summed E-state index contributed by atoms with van der Waals surface area (Å²) in [5, 5.41) is 4.67. The normalized spacial score (nSPS) is 16.0. The van der Waals surface area contributed by atoms with Crippen molar-refractivity contribution in [3.8, 4) is 0 Å². The zero-order valence-electron chi connectivity index (χ0n) is 15.9. The summed E-state index contributed by atoms with van der Waals surface area (Å²) in [4.78, 5) is 39.3. The SMILES string of the molecule is CCN1C(=O)C(CC(=O)Nc2ccc(Br)cc2)N(NC(=O)c2ccc(Cl)cc2)C1=S. The van der Waals surface area contributed by atoms with Gasteiger partial charge in [-0.2, -0.15) is 0 Å². The lowest BCUT2D eigenvalue weighted by Crippen LogP contribution is -2.49. The van der Waals surface area contributed by atoms with Crippen LogP contribution in [0.1, 0.15) is 23.7 Å². The first kappa shape index (κ1) is 22.2. The summed E-state index contributed by atoms with van der Waals surface area (Å²) in [6.45, 7) is 2.10. The fourth-order valence-electron chi connectivity index (χ4n) is 2.94. The van der Waals surface area contributed by atoms with Crippen LogP contribution < -0.4 is 10.7 Å². The predicted molar refractivity (Wildman–Crippen MR) is 122 cm³/mol. The van der Waals surface area contributed by atoms with Crippen molar-refractivity contribution in [2.24, 2.45) is 0 Å². The largest absolute Gasteiger partial charge is 0.326 e. The highest BCUT2D eigenvalue weighted by atomic mass is 79.9. The van der Waals surface area contributed by atoms with Gasteiger partial charge in [0.05, 0.1) is 6.42 Å². The van der Waals surface area contributed by atoms with Gasteiger partial charge in [0, 0.05) is 27.3 Å². The summed E-state index contributed by atoms with van der Waals surface area (Å²) in [5.74, 6) is -1.18. The molecule has 1 aliphatic heterocycles. The Morgan fingerprint density at radius 3 is 2.37 bits per heavy atom. The van der Waals surface area contributed by atoms with E-state index in [-0.39, 0.29) is 23.3 Å². The molecular weight excluding hydrogens is 492 g/mol. The number of thiocarbonyl (C=S) groups is 1. The molecule has 1 saturated heterocycles. The van der Waals surface area contributed by atoms with E-state index in [4.69, 9.17) is 23.8 Å². The highest BCUT2D eigenvalue weighted by molar-refractivity contribution is 9.10. The van der Waals surface area contributed by atoms with Crippen LogP contribution in [0.5, 0.6) is 0 Å². The second-order valence-corrected chi connectivity index (χ2v) is 8.18. The maximum absolute atomic E-state index is 12.8. The topological polar surface area (TPSA) is 81.8 Å². The van der Waals surface area contributed by atoms with Gasteiger partial charge in [0.2, 0.25) is 5.91 Å². The molecule has 2 aromatic carbocycles. The first-order chi connectivity index (χ1) is 14.3. The molecule has 1 unspecified atom stereocenters. The summed E-state index contributed by atoms with van der Waals surface area (Å²) in [5.41, 5.74) is 3.59. The summed E-state index contributed by atoms with van der Waals surface area (Å²) < 4.78 is 0.881. The average Bonchev–Trinajstić information content (AvgIpc) is 2.93. The minimum atomic E-state index is -0.941. The highest BCUT2D eigenvalue weighted by Crippen LogP contribution is 2.21. The Labute approximate surface area is 192 Å². The lowest BCUT2D eigenvalue weighted by molar-refractivity contribution is -0.130. The number of carbonyl (C=O) groups excluding carboxylic acids is 3. The molecule has 2 N–H and O–H groups in total. The molecule has 0 saturated carbocycles. The van der Waals surface area contributed by atoms with E-state index in [0.717, 1.165) is 4.47 Å². The van der Waals surface area contributed by atoms with Gasteiger partial charge < -0.3 is 5.32 Å². The third-order valence-corrected chi connectivity index (χ3v) is 5.65. The summed E-state index contributed by atoms with van der Waals surface area (Å²) in [7, 11) is 0. The molecule has 2 aromatic rings. The molecule has 1 fully saturated rings. The van der Waals surface area contributed by atoms with Crippen LogP contribution in [0.4, 0.5) is 5.69 Å². The highest BCUT2D eigenvalue weighted by Gasteiger charge is 2.43. The van der Waals surface area contributed by atoms with Gasteiger partial charge >= 0.3 is 0 Å². The van der Waals surface area contributed by atoms with E-state index < -0.39 is 11.9 Å². The maximum Gasteiger partial charge on any atom is 0.269 e. The van der Waals surface area contributed by atoms with Crippen LogP contribution in [0.2, 0.25) is 5.02 Å². The van der Waals surface area contributed by atoms with Gasteiger partial charge in [-0.1, -0.05) is 27.5 Å². The Kier molecular flexibility index (Phi) is 7.06. The Balaban J connectivity index is 1.75. The zero-order valence-corrected chi connectivity index (χ0v) is 19.1. The smallest absolute Gasteiger partial charge is 0.269 e. The van der Waals surface area contributed by atoms with Crippen LogP contribution in [-0.4, -0.2) is 45.3 Å².